The summed E-state index contributed by atoms with van der Waals surface area (Å²) in [5, 5.41) is 9.51. The van der Waals surface area contributed by atoms with Gasteiger partial charge in [0, 0.05) is 19.0 Å². The largest absolute Gasteiger partial charge is 0.493 e. The molecule has 2 aromatic carbocycles. The van der Waals surface area contributed by atoms with Crippen LogP contribution in [0.3, 0.4) is 0 Å². The van der Waals surface area contributed by atoms with Crippen LogP contribution in [-0.4, -0.2) is 45.7 Å². The molecule has 0 aromatic heterocycles. The molecular formula is C35H45N3O6. The number of hydrogen-bond acceptors (Lipinski definition) is 7. The number of amides is 2. The molecule has 2 amide bonds. The summed E-state index contributed by atoms with van der Waals surface area (Å²) in [5.41, 5.74) is 3.22. The number of allylic oxidation sites excluding steroid dienone is 2. The standard InChI is InChI=1S/C35H45N3O6/c1-19(2)13-29(35(41)36-18-24-15-21-7-8-22(24)14-21)38-28-12-10-25-26(17-30(28)40)27(37-20(3)39)11-9-23-16-31(42-4)33(43-5)34(44-6)32(23)25/h7-8,10,12,16-17,19,21-22,24,27,29H,9,11,13-15,18H2,1-6H3,(H,36,41)(H,37,39)(H,38,40)/t21-,22-,24-,27-,29+/m0/s1. The molecule has 0 heterocycles. The van der Waals surface area contributed by atoms with Crippen LogP contribution in [0, 0.1) is 23.7 Å². The van der Waals surface area contributed by atoms with Crippen LogP contribution in [0.1, 0.15) is 63.6 Å². The van der Waals surface area contributed by atoms with Gasteiger partial charge in [-0.3, -0.25) is 14.4 Å². The normalized spacial score (nSPS) is 22.0. The lowest BCUT2D eigenvalue weighted by Crippen LogP contribution is -2.43. The van der Waals surface area contributed by atoms with E-state index in [0.717, 1.165) is 23.1 Å². The lowest BCUT2D eigenvalue weighted by atomic mass is 9.93. The van der Waals surface area contributed by atoms with Crippen molar-refractivity contribution in [3.05, 3.63) is 57.8 Å². The van der Waals surface area contributed by atoms with Gasteiger partial charge in [-0.25, -0.2) is 0 Å². The number of nitrogens with one attached hydrogen (secondary N) is 3. The fourth-order valence-electron chi connectivity index (χ4n) is 7.20. The van der Waals surface area contributed by atoms with E-state index in [1.165, 1.54) is 13.3 Å². The summed E-state index contributed by atoms with van der Waals surface area (Å²) in [5.74, 6) is 3.07. The van der Waals surface area contributed by atoms with Gasteiger partial charge in [0.25, 0.3) is 0 Å². The minimum atomic E-state index is -0.573. The topological polar surface area (TPSA) is 115 Å². The number of rotatable bonds is 11. The van der Waals surface area contributed by atoms with Crippen LogP contribution in [-0.2, 0) is 16.0 Å². The van der Waals surface area contributed by atoms with Crippen LogP contribution < -0.4 is 35.6 Å². The molecule has 0 radical (unpaired) electrons. The molecule has 3 aliphatic rings. The minimum absolute atomic E-state index is 0.0992. The predicted octanol–water partition coefficient (Wildman–Crippen LogP) is 5.02. The van der Waals surface area contributed by atoms with Gasteiger partial charge >= 0.3 is 0 Å². The molecule has 5 atom stereocenters. The molecule has 2 aromatic rings. The summed E-state index contributed by atoms with van der Waals surface area (Å²) < 4.78 is 17.2. The molecule has 236 valence electrons. The van der Waals surface area contributed by atoms with Gasteiger partial charge in [-0.2, -0.15) is 0 Å². The van der Waals surface area contributed by atoms with E-state index in [-0.39, 0.29) is 23.2 Å². The van der Waals surface area contributed by atoms with E-state index in [4.69, 9.17) is 14.2 Å². The molecule has 5 rings (SSSR count). The van der Waals surface area contributed by atoms with Crippen molar-refractivity contribution in [2.75, 3.05) is 33.2 Å². The Kier molecular flexibility index (Phi) is 9.51. The van der Waals surface area contributed by atoms with Crippen molar-refractivity contribution in [2.45, 2.75) is 65.0 Å². The summed E-state index contributed by atoms with van der Waals surface area (Å²) in [6.07, 6.45) is 8.65. The number of methoxy groups -OCH3 is 3. The fraction of sp³-hybridized carbons (Fsp3) is 0.514. The van der Waals surface area contributed by atoms with Crippen molar-refractivity contribution >= 4 is 17.5 Å². The van der Waals surface area contributed by atoms with Crippen LogP contribution in [0.15, 0.2) is 41.2 Å². The molecule has 0 saturated heterocycles. The molecule has 3 aliphatic carbocycles. The smallest absolute Gasteiger partial charge is 0.242 e. The molecule has 44 heavy (non-hydrogen) atoms. The Balaban J connectivity index is 1.53. The second-order valence-electron chi connectivity index (χ2n) is 12.7. The van der Waals surface area contributed by atoms with Crippen molar-refractivity contribution in [1.82, 2.24) is 10.6 Å². The van der Waals surface area contributed by atoms with Gasteiger partial charge in [-0.15, -0.1) is 0 Å². The highest BCUT2D eigenvalue weighted by Crippen LogP contribution is 2.50. The predicted molar refractivity (Wildman–Crippen MR) is 171 cm³/mol. The number of anilines is 1. The van der Waals surface area contributed by atoms with Crippen molar-refractivity contribution in [1.29, 1.82) is 0 Å². The zero-order chi connectivity index (χ0) is 31.5. The van der Waals surface area contributed by atoms with E-state index in [0.29, 0.717) is 72.1 Å². The van der Waals surface area contributed by atoms with Gasteiger partial charge in [-0.05, 0) is 90.7 Å². The van der Waals surface area contributed by atoms with E-state index >= 15 is 0 Å². The molecule has 9 heteroatoms. The maximum Gasteiger partial charge on any atom is 0.242 e. The fourth-order valence-corrected chi connectivity index (χ4v) is 7.20. The van der Waals surface area contributed by atoms with Crippen molar-refractivity contribution in [3.8, 4) is 28.4 Å². The Bertz CT molecular complexity index is 1500. The maximum absolute atomic E-state index is 13.8. The van der Waals surface area contributed by atoms with Crippen molar-refractivity contribution < 1.29 is 23.8 Å². The zero-order valence-electron chi connectivity index (χ0n) is 26.6. The highest BCUT2D eigenvalue weighted by Gasteiger charge is 2.36. The number of fused-ring (bicyclic) bond motifs is 5. The van der Waals surface area contributed by atoms with Crippen LogP contribution >= 0.6 is 0 Å². The first kappa shape index (κ1) is 31.4. The Morgan fingerprint density at radius 3 is 2.39 bits per heavy atom. The average molecular weight is 604 g/mol. The molecule has 3 N–H and O–H groups in total. The van der Waals surface area contributed by atoms with Gasteiger partial charge in [0.2, 0.25) is 23.0 Å². The highest BCUT2D eigenvalue weighted by molar-refractivity contribution is 5.86. The monoisotopic (exact) mass is 603 g/mol. The number of carbonyl (C=O) groups is 2. The summed E-state index contributed by atoms with van der Waals surface area (Å²) in [7, 11) is 4.71. The first-order chi connectivity index (χ1) is 21.1. The Hall–Kier alpha value is -4.01. The number of carbonyl (C=O) groups excluding carboxylic acids is 2. The Morgan fingerprint density at radius 1 is 1.00 bits per heavy atom. The summed E-state index contributed by atoms with van der Waals surface area (Å²) in [6, 6.07) is 6.13. The van der Waals surface area contributed by atoms with Gasteiger partial charge in [0.05, 0.1) is 33.1 Å². The third kappa shape index (κ3) is 6.42. The average Bonchev–Trinajstić information content (AvgIpc) is 3.55. The van der Waals surface area contributed by atoms with E-state index in [2.05, 4.69) is 41.9 Å². The van der Waals surface area contributed by atoms with Gasteiger partial charge in [-0.1, -0.05) is 32.1 Å². The van der Waals surface area contributed by atoms with Gasteiger partial charge < -0.3 is 30.2 Å². The van der Waals surface area contributed by atoms with Crippen LogP contribution in [0.4, 0.5) is 5.69 Å². The zero-order valence-corrected chi connectivity index (χ0v) is 26.6. The van der Waals surface area contributed by atoms with Gasteiger partial charge in [0.1, 0.15) is 6.04 Å². The first-order valence-corrected chi connectivity index (χ1v) is 15.6. The molecular weight excluding hydrogens is 558 g/mol. The van der Waals surface area contributed by atoms with E-state index in [9.17, 15) is 14.4 Å². The highest BCUT2D eigenvalue weighted by atomic mass is 16.5. The number of aryl methyl sites for hydroxylation is 1. The summed E-state index contributed by atoms with van der Waals surface area (Å²) in [6.45, 7) is 6.25. The van der Waals surface area contributed by atoms with E-state index in [1.54, 1.807) is 33.5 Å². The number of benzene rings is 1. The summed E-state index contributed by atoms with van der Waals surface area (Å²) >= 11 is 0. The third-order valence-electron chi connectivity index (χ3n) is 9.22. The van der Waals surface area contributed by atoms with Crippen LogP contribution in [0.2, 0.25) is 0 Å². The lowest BCUT2D eigenvalue weighted by molar-refractivity contribution is -0.122. The van der Waals surface area contributed by atoms with E-state index < -0.39 is 12.1 Å². The Morgan fingerprint density at radius 2 is 1.77 bits per heavy atom. The number of hydrogen-bond donors (Lipinski definition) is 3. The Labute approximate surface area is 259 Å². The lowest BCUT2D eigenvalue weighted by Gasteiger charge is -2.23. The maximum atomic E-state index is 13.8. The molecule has 0 spiro atoms. The second-order valence-corrected chi connectivity index (χ2v) is 12.7. The SMILES string of the molecule is COc1cc2c(c(OC)c1OC)-c1ccc(N[C@H](CC(C)C)C(=O)NC[C@@H]3C[C@H]4C=C[C@H]3C4)c(=O)cc1[C@@H](NC(C)=O)CC2. The van der Waals surface area contributed by atoms with Crippen molar-refractivity contribution in [2.24, 2.45) is 23.7 Å². The molecule has 2 bridgehead atoms. The first-order valence-electron chi connectivity index (χ1n) is 15.6. The van der Waals surface area contributed by atoms with Crippen molar-refractivity contribution in [3.63, 3.8) is 0 Å². The molecule has 9 nitrogen and oxygen atoms in total. The molecule has 1 fully saturated rings. The minimum Gasteiger partial charge on any atom is -0.493 e. The summed E-state index contributed by atoms with van der Waals surface area (Å²) in [4.78, 5) is 39.6. The molecule has 0 aliphatic heterocycles. The molecule has 0 unspecified atom stereocenters. The third-order valence-corrected chi connectivity index (χ3v) is 9.22. The second kappa shape index (κ2) is 13.3. The quantitative estimate of drug-likeness (QED) is 0.309. The van der Waals surface area contributed by atoms with Crippen LogP contribution in [0.25, 0.3) is 11.1 Å². The molecule has 1 saturated carbocycles. The number of ether oxygens (including phenoxy) is 3. The van der Waals surface area contributed by atoms with Crippen LogP contribution in [0.5, 0.6) is 17.2 Å². The van der Waals surface area contributed by atoms with E-state index in [1.807, 2.05) is 12.1 Å². The van der Waals surface area contributed by atoms with Gasteiger partial charge in [0.15, 0.2) is 11.5 Å².